The van der Waals surface area contributed by atoms with Gasteiger partial charge in [-0.05, 0) is 35.6 Å². The van der Waals surface area contributed by atoms with Crippen LogP contribution in [0.15, 0.2) is 45.7 Å². The van der Waals surface area contributed by atoms with E-state index in [0.29, 0.717) is 16.9 Å². The number of nitrogens with zero attached hydrogens (tertiary/aromatic N) is 5. The second kappa shape index (κ2) is 6.75. The molecule has 7 nitrogen and oxygen atoms in total. The third-order valence-corrected chi connectivity index (χ3v) is 6.88. The Hall–Kier alpha value is -2.65. The van der Waals surface area contributed by atoms with E-state index in [1.807, 2.05) is 45.0 Å². The highest BCUT2D eigenvalue weighted by Crippen LogP contribution is 2.27. The van der Waals surface area contributed by atoms with Crippen molar-refractivity contribution in [3.63, 3.8) is 0 Å². The number of anilines is 1. The SMILES string of the molecule is Cn1c(=O)c2sccc2n2c(SCc3ccc(N4CCCC4=O)cc3)nnc12. The Balaban J connectivity index is 1.42. The molecular formula is C19H17N5O2S2. The smallest absolute Gasteiger partial charge is 0.272 e. The van der Waals surface area contributed by atoms with Crippen LogP contribution in [-0.2, 0) is 17.6 Å². The Bertz CT molecular complexity index is 1260. The lowest BCUT2D eigenvalue weighted by Gasteiger charge is -2.15. The standard InChI is InChI=1S/C19H17N5O2S2/c1-22-17(26)16-14(8-10-27-16)24-18(22)20-21-19(24)28-11-12-4-6-13(7-5-12)23-9-2-3-15(23)25/h4-8,10H,2-3,9,11H2,1H3. The van der Waals surface area contributed by atoms with E-state index < -0.39 is 0 Å². The van der Waals surface area contributed by atoms with Gasteiger partial charge < -0.3 is 4.90 Å². The molecule has 4 heterocycles. The summed E-state index contributed by atoms with van der Waals surface area (Å²) >= 11 is 3.01. The summed E-state index contributed by atoms with van der Waals surface area (Å²) in [5.74, 6) is 1.47. The second-order valence-corrected chi connectivity index (χ2v) is 8.58. The van der Waals surface area contributed by atoms with E-state index in [0.717, 1.165) is 40.6 Å². The summed E-state index contributed by atoms with van der Waals surface area (Å²) in [7, 11) is 1.72. The van der Waals surface area contributed by atoms with Crippen LogP contribution >= 0.6 is 23.1 Å². The lowest BCUT2D eigenvalue weighted by Crippen LogP contribution is -2.23. The lowest BCUT2D eigenvalue weighted by molar-refractivity contribution is -0.117. The zero-order valence-corrected chi connectivity index (χ0v) is 16.8. The van der Waals surface area contributed by atoms with Crippen molar-refractivity contribution in [1.29, 1.82) is 0 Å². The van der Waals surface area contributed by atoms with Crippen molar-refractivity contribution in [3.05, 3.63) is 51.6 Å². The van der Waals surface area contributed by atoms with Gasteiger partial charge >= 0.3 is 0 Å². The van der Waals surface area contributed by atoms with Crippen LogP contribution in [0, 0.1) is 0 Å². The Morgan fingerprint density at radius 3 is 2.71 bits per heavy atom. The van der Waals surface area contributed by atoms with E-state index in [2.05, 4.69) is 10.2 Å². The number of carbonyl (C=O) groups is 1. The van der Waals surface area contributed by atoms with Gasteiger partial charge in [0.1, 0.15) is 4.70 Å². The first-order valence-electron chi connectivity index (χ1n) is 8.97. The zero-order valence-electron chi connectivity index (χ0n) is 15.2. The number of aromatic nitrogens is 4. The molecule has 1 aromatic carbocycles. The Morgan fingerprint density at radius 1 is 1.14 bits per heavy atom. The molecule has 28 heavy (non-hydrogen) atoms. The van der Waals surface area contributed by atoms with Gasteiger partial charge in [0.05, 0.1) is 5.52 Å². The predicted molar refractivity (Wildman–Crippen MR) is 111 cm³/mol. The Morgan fingerprint density at radius 2 is 1.96 bits per heavy atom. The minimum atomic E-state index is -0.0477. The van der Waals surface area contributed by atoms with Gasteiger partial charge in [-0.15, -0.1) is 21.5 Å². The number of rotatable bonds is 4. The van der Waals surface area contributed by atoms with Crippen LogP contribution in [0.5, 0.6) is 0 Å². The number of fused-ring (bicyclic) bond motifs is 3. The molecule has 0 N–H and O–H groups in total. The molecule has 0 atom stereocenters. The summed E-state index contributed by atoms with van der Waals surface area (Å²) < 4.78 is 4.18. The maximum absolute atomic E-state index is 12.4. The van der Waals surface area contributed by atoms with Gasteiger partial charge in [-0.25, -0.2) is 0 Å². The van der Waals surface area contributed by atoms with Gasteiger partial charge in [0.15, 0.2) is 5.16 Å². The van der Waals surface area contributed by atoms with Crippen LogP contribution in [0.25, 0.3) is 16.0 Å². The maximum Gasteiger partial charge on any atom is 0.272 e. The monoisotopic (exact) mass is 411 g/mol. The molecule has 0 radical (unpaired) electrons. The molecule has 1 fully saturated rings. The molecule has 0 bridgehead atoms. The molecule has 0 spiro atoms. The average molecular weight is 412 g/mol. The zero-order chi connectivity index (χ0) is 19.3. The van der Waals surface area contributed by atoms with Crippen molar-refractivity contribution in [2.24, 2.45) is 7.05 Å². The van der Waals surface area contributed by atoms with Gasteiger partial charge in [-0.1, -0.05) is 23.9 Å². The summed E-state index contributed by atoms with van der Waals surface area (Å²) in [6, 6.07) is 10.0. The molecule has 5 rings (SSSR count). The molecule has 1 aliphatic heterocycles. The van der Waals surface area contributed by atoms with Crippen LogP contribution in [-0.4, -0.2) is 31.6 Å². The second-order valence-electron chi connectivity index (χ2n) is 6.72. The number of hydrogen-bond donors (Lipinski definition) is 0. The Labute approximate surface area is 168 Å². The molecule has 3 aromatic heterocycles. The largest absolute Gasteiger partial charge is 0.312 e. The van der Waals surface area contributed by atoms with Gasteiger partial charge in [0.25, 0.3) is 5.56 Å². The summed E-state index contributed by atoms with van der Waals surface area (Å²) in [6.07, 6.45) is 1.56. The molecular weight excluding hydrogens is 394 g/mol. The highest BCUT2D eigenvalue weighted by molar-refractivity contribution is 7.98. The quantitative estimate of drug-likeness (QED) is 0.483. The highest BCUT2D eigenvalue weighted by Gasteiger charge is 2.21. The number of carbonyl (C=O) groups excluding carboxylic acids is 1. The minimum absolute atomic E-state index is 0.0477. The van der Waals surface area contributed by atoms with Crippen molar-refractivity contribution < 1.29 is 4.79 Å². The Kier molecular flexibility index (Phi) is 4.21. The van der Waals surface area contributed by atoms with Crippen LogP contribution in [0.3, 0.4) is 0 Å². The summed E-state index contributed by atoms with van der Waals surface area (Å²) in [5, 5.41) is 11.2. The molecule has 0 unspecified atom stereocenters. The first-order valence-corrected chi connectivity index (χ1v) is 10.8. The van der Waals surface area contributed by atoms with Crippen molar-refractivity contribution in [2.75, 3.05) is 11.4 Å². The van der Waals surface area contributed by atoms with Crippen LogP contribution in [0.2, 0.25) is 0 Å². The number of benzene rings is 1. The first kappa shape index (κ1) is 17.4. The van der Waals surface area contributed by atoms with Crippen LogP contribution in [0.4, 0.5) is 5.69 Å². The topological polar surface area (TPSA) is 72.5 Å². The van der Waals surface area contributed by atoms with E-state index >= 15 is 0 Å². The third-order valence-electron chi connectivity index (χ3n) is 4.99. The fourth-order valence-electron chi connectivity index (χ4n) is 3.51. The van der Waals surface area contributed by atoms with E-state index in [1.54, 1.807) is 18.8 Å². The number of thiophene rings is 1. The van der Waals surface area contributed by atoms with Gasteiger partial charge in [-0.2, -0.15) is 0 Å². The van der Waals surface area contributed by atoms with E-state index in [1.165, 1.54) is 15.9 Å². The molecule has 9 heteroatoms. The van der Waals surface area contributed by atoms with Crippen LogP contribution < -0.4 is 10.5 Å². The minimum Gasteiger partial charge on any atom is -0.312 e. The number of amides is 1. The summed E-state index contributed by atoms with van der Waals surface area (Å²) in [5.41, 5.74) is 2.90. The highest BCUT2D eigenvalue weighted by atomic mass is 32.2. The van der Waals surface area contributed by atoms with Gasteiger partial charge in [-0.3, -0.25) is 18.6 Å². The fraction of sp³-hybridized carbons (Fsp3) is 0.263. The molecule has 0 saturated carbocycles. The summed E-state index contributed by atoms with van der Waals surface area (Å²) in [6.45, 7) is 0.800. The molecule has 1 saturated heterocycles. The molecule has 4 aromatic rings. The first-order chi connectivity index (χ1) is 13.6. The number of aryl methyl sites for hydroxylation is 1. The normalized spacial score (nSPS) is 14.6. The lowest BCUT2D eigenvalue weighted by atomic mass is 10.2. The van der Waals surface area contributed by atoms with Crippen molar-refractivity contribution in [3.8, 4) is 0 Å². The molecule has 1 amide bonds. The van der Waals surface area contributed by atoms with E-state index in [4.69, 9.17) is 0 Å². The van der Waals surface area contributed by atoms with E-state index in [9.17, 15) is 9.59 Å². The number of hydrogen-bond acceptors (Lipinski definition) is 6. The van der Waals surface area contributed by atoms with Gasteiger partial charge in [0.2, 0.25) is 11.7 Å². The van der Waals surface area contributed by atoms with E-state index in [-0.39, 0.29) is 11.5 Å². The molecule has 1 aliphatic rings. The van der Waals surface area contributed by atoms with Crippen molar-refractivity contribution in [2.45, 2.75) is 23.8 Å². The maximum atomic E-state index is 12.4. The van der Waals surface area contributed by atoms with Crippen molar-refractivity contribution in [1.82, 2.24) is 19.2 Å². The predicted octanol–water partition coefficient (Wildman–Crippen LogP) is 3.06. The van der Waals surface area contributed by atoms with Crippen LogP contribution in [0.1, 0.15) is 18.4 Å². The molecule has 0 aliphatic carbocycles. The summed E-state index contributed by atoms with van der Waals surface area (Å²) in [4.78, 5) is 26.1. The van der Waals surface area contributed by atoms with Crippen molar-refractivity contribution >= 4 is 50.7 Å². The fourth-order valence-corrected chi connectivity index (χ4v) is 5.25. The number of thioether (sulfide) groups is 1. The third kappa shape index (κ3) is 2.73. The average Bonchev–Trinajstić information content (AvgIpc) is 3.44. The van der Waals surface area contributed by atoms with Gasteiger partial charge in [0, 0.05) is 31.5 Å². The molecule has 142 valence electrons.